The van der Waals surface area contributed by atoms with Gasteiger partial charge in [-0.15, -0.1) is 0 Å². The minimum atomic E-state index is 0.527. The average Bonchev–Trinajstić information content (AvgIpc) is 2.90. The molecule has 0 unspecified atom stereocenters. The SMILES string of the molecule is CCOc1nc(Sc2ccc3c(c2)CCC3)ccc1N. The number of hydrogen-bond donors (Lipinski definition) is 1. The number of nitrogens with zero attached hydrogens (tertiary/aromatic N) is 1. The summed E-state index contributed by atoms with van der Waals surface area (Å²) in [7, 11) is 0. The molecule has 1 aromatic heterocycles. The van der Waals surface area contributed by atoms with Gasteiger partial charge in [0.2, 0.25) is 5.88 Å². The van der Waals surface area contributed by atoms with Gasteiger partial charge in [-0.1, -0.05) is 17.8 Å². The number of aromatic nitrogens is 1. The Morgan fingerprint density at radius 1 is 1.20 bits per heavy atom. The number of hydrogen-bond acceptors (Lipinski definition) is 4. The largest absolute Gasteiger partial charge is 0.476 e. The van der Waals surface area contributed by atoms with E-state index in [2.05, 4.69) is 23.2 Å². The van der Waals surface area contributed by atoms with Crippen molar-refractivity contribution in [2.24, 2.45) is 0 Å². The lowest BCUT2D eigenvalue weighted by molar-refractivity contribution is 0.326. The molecule has 0 saturated carbocycles. The molecule has 3 nitrogen and oxygen atoms in total. The van der Waals surface area contributed by atoms with E-state index in [0.717, 1.165) is 5.03 Å². The molecule has 4 heteroatoms. The summed E-state index contributed by atoms with van der Waals surface area (Å²) in [5, 5.41) is 0.917. The highest BCUT2D eigenvalue weighted by atomic mass is 32.2. The summed E-state index contributed by atoms with van der Waals surface area (Å²) in [6.45, 7) is 2.51. The summed E-state index contributed by atoms with van der Waals surface area (Å²) in [5.74, 6) is 0.527. The minimum absolute atomic E-state index is 0.527. The van der Waals surface area contributed by atoms with Crippen LogP contribution in [-0.2, 0) is 12.8 Å². The first-order chi connectivity index (χ1) is 9.76. The van der Waals surface area contributed by atoms with Gasteiger partial charge in [0.25, 0.3) is 0 Å². The zero-order valence-corrected chi connectivity index (χ0v) is 12.4. The number of benzene rings is 1. The molecule has 1 heterocycles. The summed E-state index contributed by atoms with van der Waals surface area (Å²) in [5.41, 5.74) is 9.41. The predicted molar refractivity (Wildman–Crippen MR) is 82.4 cm³/mol. The first kappa shape index (κ1) is 13.3. The molecule has 20 heavy (non-hydrogen) atoms. The summed E-state index contributed by atoms with van der Waals surface area (Å²) in [6, 6.07) is 10.5. The van der Waals surface area contributed by atoms with E-state index in [1.54, 1.807) is 11.8 Å². The number of anilines is 1. The second kappa shape index (κ2) is 5.75. The Labute approximate surface area is 123 Å². The van der Waals surface area contributed by atoms with Crippen LogP contribution in [0.4, 0.5) is 5.69 Å². The topological polar surface area (TPSA) is 48.1 Å². The lowest BCUT2D eigenvalue weighted by Crippen LogP contribution is -1.99. The van der Waals surface area contributed by atoms with Gasteiger partial charge in [0.15, 0.2) is 0 Å². The van der Waals surface area contributed by atoms with Crippen molar-refractivity contribution in [2.45, 2.75) is 36.1 Å². The molecule has 1 aromatic carbocycles. The molecule has 2 aromatic rings. The van der Waals surface area contributed by atoms with Crippen LogP contribution in [0.25, 0.3) is 0 Å². The third-order valence-electron chi connectivity index (χ3n) is 3.44. The van der Waals surface area contributed by atoms with Crippen LogP contribution < -0.4 is 10.5 Å². The smallest absolute Gasteiger partial charge is 0.238 e. The number of fused-ring (bicyclic) bond motifs is 1. The van der Waals surface area contributed by atoms with Gasteiger partial charge in [-0.2, -0.15) is 0 Å². The van der Waals surface area contributed by atoms with Gasteiger partial charge < -0.3 is 10.5 Å². The molecule has 1 aliphatic carbocycles. The molecule has 1 aliphatic rings. The maximum Gasteiger partial charge on any atom is 0.238 e. The van der Waals surface area contributed by atoms with E-state index < -0.39 is 0 Å². The maximum atomic E-state index is 5.85. The van der Waals surface area contributed by atoms with Crippen LogP contribution in [-0.4, -0.2) is 11.6 Å². The fraction of sp³-hybridized carbons (Fsp3) is 0.312. The first-order valence-electron chi connectivity index (χ1n) is 6.95. The Morgan fingerprint density at radius 3 is 2.90 bits per heavy atom. The highest BCUT2D eigenvalue weighted by molar-refractivity contribution is 7.99. The summed E-state index contributed by atoms with van der Waals surface area (Å²) < 4.78 is 5.44. The van der Waals surface area contributed by atoms with Crippen molar-refractivity contribution in [3.63, 3.8) is 0 Å². The van der Waals surface area contributed by atoms with Crippen LogP contribution >= 0.6 is 11.8 Å². The number of ether oxygens (including phenoxy) is 1. The third-order valence-corrected chi connectivity index (χ3v) is 4.36. The molecule has 0 aliphatic heterocycles. The zero-order chi connectivity index (χ0) is 13.9. The van der Waals surface area contributed by atoms with Gasteiger partial charge >= 0.3 is 0 Å². The van der Waals surface area contributed by atoms with E-state index in [4.69, 9.17) is 10.5 Å². The Bertz CT molecular complexity index is 628. The molecule has 0 saturated heterocycles. The molecule has 0 amide bonds. The minimum Gasteiger partial charge on any atom is -0.476 e. The van der Waals surface area contributed by atoms with Gasteiger partial charge in [0.05, 0.1) is 12.3 Å². The Morgan fingerprint density at radius 2 is 2.05 bits per heavy atom. The lowest BCUT2D eigenvalue weighted by atomic mass is 10.1. The van der Waals surface area contributed by atoms with Gasteiger partial charge in [-0.05, 0) is 61.6 Å². The molecule has 0 bridgehead atoms. The van der Waals surface area contributed by atoms with E-state index in [1.807, 2.05) is 19.1 Å². The maximum absolute atomic E-state index is 5.85. The fourth-order valence-corrected chi connectivity index (χ4v) is 3.32. The van der Waals surface area contributed by atoms with Crippen LogP contribution in [0.2, 0.25) is 0 Å². The van der Waals surface area contributed by atoms with Crippen LogP contribution in [0, 0.1) is 0 Å². The summed E-state index contributed by atoms with van der Waals surface area (Å²) >= 11 is 1.66. The number of nitrogens with two attached hydrogens (primary N) is 1. The number of rotatable bonds is 4. The Kier molecular flexibility index (Phi) is 3.83. The lowest BCUT2D eigenvalue weighted by Gasteiger charge is -2.08. The van der Waals surface area contributed by atoms with Crippen LogP contribution in [0.1, 0.15) is 24.5 Å². The van der Waals surface area contributed by atoms with Crippen LogP contribution in [0.5, 0.6) is 5.88 Å². The second-order valence-electron chi connectivity index (χ2n) is 4.86. The average molecular weight is 286 g/mol. The number of aryl methyl sites for hydroxylation is 2. The van der Waals surface area contributed by atoms with Gasteiger partial charge in [-0.3, -0.25) is 0 Å². The van der Waals surface area contributed by atoms with Gasteiger partial charge in [0.1, 0.15) is 5.03 Å². The number of pyridine rings is 1. The Hall–Kier alpha value is -1.68. The summed E-state index contributed by atoms with van der Waals surface area (Å²) in [4.78, 5) is 5.69. The van der Waals surface area contributed by atoms with Crippen molar-refractivity contribution in [3.8, 4) is 5.88 Å². The molecular weight excluding hydrogens is 268 g/mol. The monoisotopic (exact) mass is 286 g/mol. The number of nitrogen functional groups attached to an aromatic ring is 1. The molecule has 0 fully saturated rings. The molecule has 0 spiro atoms. The van der Waals surface area contributed by atoms with Crippen molar-refractivity contribution in [2.75, 3.05) is 12.3 Å². The molecule has 0 atom stereocenters. The van der Waals surface area contributed by atoms with E-state index in [0.29, 0.717) is 18.2 Å². The molecule has 104 valence electrons. The highest BCUT2D eigenvalue weighted by Crippen LogP contribution is 2.33. The fourth-order valence-electron chi connectivity index (χ4n) is 2.48. The highest BCUT2D eigenvalue weighted by Gasteiger charge is 2.12. The molecule has 0 radical (unpaired) electrons. The zero-order valence-electron chi connectivity index (χ0n) is 11.6. The first-order valence-corrected chi connectivity index (χ1v) is 7.77. The summed E-state index contributed by atoms with van der Waals surface area (Å²) in [6.07, 6.45) is 3.69. The van der Waals surface area contributed by atoms with Crippen molar-refractivity contribution >= 4 is 17.4 Å². The van der Waals surface area contributed by atoms with Crippen LogP contribution in [0.3, 0.4) is 0 Å². The molecule has 3 rings (SSSR count). The molecule has 2 N–H and O–H groups in total. The van der Waals surface area contributed by atoms with Crippen molar-refractivity contribution in [1.82, 2.24) is 4.98 Å². The van der Waals surface area contributed by atoms with E-state index in [-0.39, 0.29) is 0 Å². The normalized spacial score (nSPS) is 13.2. The van der Waals surface area contributed by atoms with Crippen molar-refractivity contribution in [3.05, 3.63) is 41.5 Å². The van der Waals surface area contributed by atoms with Gasteiger partial charge in [-0.25, -0.2) is 4.98 Å². The van der Waals surface area contributed by atoms with Crippen molar-refractivity contribution in [1.29, 1.82) is 0 Å². The predicted octanol–water partition coefficient (Wildman–Crippen LogP) is 3.70. The van der Waals surface area contributed by atoms with Gasteiger partial charge in [0, 0.05) is 4.90 Å². The van der Waals surface area contributed by atoms with E-state index >= 15 is 0 Å². The second-order valence-corrected chi connectivity index (χ2v) is 5.96. The molecular formula is C16H18N2OS. The van der Waals surface area contributed by atoms with E-state index in [9.17, 15) is 0 Å². The third kappa shape index (κ3) is 2.75. The van der Waals surface area contributed by atoms with Crippen molar-refractivity contribution < 1.29 is 4.74 Å². The van der Waals surface area contributed by atoms with E-state index in [1.165, 1.54) is 35.3 Å². The van der Waals surface area contributed by atoms with Crippen LogP contribution in [0.15, 0.2) is 40.3 Å². The standard InChI is InChI=1S/C16H18N2OS/c1-2-19-16-14(17)8-9-15(18-16)20-13-7-6-11-4-3-5-12(11)10-13/h6-10H,2-5,17H2,1H3. The Balaban J connectivity index is 1.82. The quantitative estimate of drug-likeness (QED) is 0.931.